The quantitative estimate of drug-likeness (QED) is 0.293. The van der Waals surface area contributed by atoms with Crippen LogP contribution in [-0.2, 0) is 16.2 Å². The number of hydrogen-bond donors (Lipinski definition) is 2. The molecular weight excluding hydrogens is 502 g/mol. The Balaban J connectivity index is 1.61. The number of aromatic nitrogens is 3. The summed E-state index contributed by atoms with van der Waals surface area (Å²) >= 11 is 0. The molecule has 4 rings (SSSR count). The first kappa shape index (κ1) is 27.4. The van der Waals surface area contributed by atoms with E-state index in [-0.39, 0.29) is 12.6 Å². The lowest BCUT2D eigenvalue weighted by Gasteiger charge is -2.27. The van der Waals surface area contributed by atoms with Gasteiger partial charge in [0.25, 0.3) is 5.91 Å². The summed E-state index contributed by atoms with van der Waals surface area (Å²) < 4.78 is 18.7. The van der Waals surface area contributed by atoms with E-state index in [9.17, 15) is 10.1 Å². The molecule has 0 unspecified atom stereocenters. The number of nitriles is 1. The molecule has 1 aliphatic rings. The summed E-state index contributed by atoms with van der Waals surface area (Å²) in [5, 5.41) is 16.7. The van der Waals surface area contributed by atoms with Gasteiger partial charge in [0, 0.05) is 46.6 Å². The van der Waals surface area contributed by atoms with Gasteiger partial charge in [0.1, 0.15) is 24.4 Å². The standard InChI is InChI=1S/C26H35N7O4Si/c1-28-23-22-19(15-27)16-33(17-37-12-13-38(3,4)5)24(22)31-26(30-23)29-20-7-6-18(14-21(20)35-2)25(34)32-8-10-36-11-9-32/h6-7,14,16H,8-13,17H2,1-5H3,(H2,28,29,30,31). The summed E-state index contributed by atoms with van der Waals surface area (Å²) in [6, 6.07) is 8.52. The van der Waals surface area contributed by atoms with Crippen molar-refractivity contribution in [1.82, 2.24) is 19.4 Å². The molecule has 0 saturated carbocycles. The second-order valence-corrected chi connectivity index (χ2v) is 15.9. The average molecular weight is 538 g/mol. The number of nitrogens with zero attached hydrogens (tertiary/aromatic N) is 5. The number of nitrogens with one attached hydrogen (secondary N) is 2. The predicted molar refractivity (Wildman–Crippen MR) is 149 cm³/mol. The monoisotopic (exact) mass is 537 g/mol. The highest BCUT2D eigenvalue weighted by Gasteiger charge is 2.21. The number of ether oxygens (including phenoxy) is 3. The van der Waals surface area contributed by atoms with Gasteiger partial charge in [-0.3, -0.25) is 4.79 Å². The number of hydrogen-bond acceptors (Lipinski definition) is 9. The van der Waals surface area contributed by atoms with Gasteiger partial charge in [-0.2, -0.15) is 15.2 Å². The first-order valence-corrected chi connectivity index (χ1v) is 16.3. The van der Waals surface area contributed by atoms with Crippen LogP contribution >= 0.6 is 0 Å². The van der Waals surface area contributed by atoms with Gasteiger partial charge in [-0.25, -0.2) is 0 Å². The van der Waals surface area contributed by atoms with Crippen molar-refractivity contribution in [2.24, 2.45) is 0 Å². The van der Waals surface area contributed by atoms with Crippen molar-refractivity contribution < 1.29 is 19.0 Å². The van der Waals surface area contributed by atoms with E-state index in [1.807, 2.05) is 4.57 Å². The van der Waals surface area contributed by atoms with E-state index in [4.69, 9.17) is 19.2 Å². The lowest BCUT2D eigenvalue weighted by Crippen LogP contribution is -2.40. The summed E-state index contributed by atoms with van der Waals surface area (Å²) in [6.45, 7) is 10.0. The van der Waals surface area contributed by atoms with Gasteiger partial charge in [-0.15, -0.1) is 0 Å². The number of methoxy groups -OCH3 is 1. The fourth-order valence-electron chi connectivity index (χ4n) is 4.14. The first-order chi connectivity index (χ1) is 18.2. The molecule has 2 N–H and O–H groups in total. The van der Waals surface area contributed by atoms with E-state index in [1.165, 1.54) is 0 Å². The van der Waals surface area contributed by atoms with E-state index in [0.29, 0.717) is 78.3 Å². The van der Waals surface area contributed by atoms with Crippen LogP contribution in [-0.4, -0.2) is 80.5 Å². The molecule has 0 bridgehead atoms. The predicted octanol–water partition coefficient (Wildman–Crippen LogP) is 3.88. The molecule has 1 amide bonds. The third-order valence-electron chi connectivity index (χ3n) is 6.29. The molecule has 0 radical (unpaired) electrons. The zero-order valence-corrected chi connectivity index (χ0v) is 23.6. The SMILES string of the molecule is CNc1nc(Nc2ccc(C(=O)N3CCOCC3)cc2OC)nc2c1c(C#N)cn2COCC[Si](C)(C)C. The third kappa shape index (κ3) is 6.24. The van der Waals surface area contributed by atoms with Crippen molar-refractivity contribution in [3.05, 3.63) is 35.5 Å². The molecular formula is C26H35N7O4Si. The highest BCUT2D eigenvalue weighted by molar-refractivity contribution is 6.76. The number of fused-ring (bicyclic) bond motifs is 1. The summed E-state index contributed by atoms with van der Waals surface area (Å²) in [5.41, 5.74) is 2.18. The maximum atomic E-state index is 12.9. The Hall–Kier alpha value is -3.66. The van der Waals surface area contributed by atoms with Crippen LogP contribution < -0.4 is 15.4 Å². The highest BCUT2D eigenvalue weighted by Crippen LogP contribution is 2.32. The maximum absolute atomic E-state index is 12.9. The van der Waals surface area contributed by atoms with E-state index < -0.39 is 8.07 Å². The van der Waals surface area contributed by atoms with Gasteiger partial charge in [0.2, 0.25) is 5.95 Å². The number of carbonyl (C=O) groups is 1. The number of carbonyl (C=O) groups excluding carboxylic acids is 1. The lowest BCUT2D eigenvalue weighted by molar-refractivity contribution is 0.0302. The Morgan fingerprint density at radius 3 is 2.66 bits per heavy atom. The average Bonchev–Trinajstić information content (AvgIpc) is 3.28. The highest BCUT2D eigenvalue weighted by atomic mass is 28.3. The van der Waals surface area contributed by atoms with Gasteiger partial charge in [0.15, 0.2) is 5.65 Å². The fraction of sp³-hybridized carbons (Fsp3) is 0.462. The van der Waals surface area contributed by atoms with Crippen LogP contribution in [0, 0.1) is 11.3 Å². The van der Waals surface area contributed by atoms with Gasteiger partial charge in [-0.1, -0.05) is 19.6 Å². The fourth-order valence-corrected chi connectivity index (χ4v) is 4.90. The Kier molecular flexibility index (Phi) is 8.51. The van der Waals surface area contributed by atoms with Crippen LogP contribution in [0.4, 0.5) is 17.5 Å². The maximum Gasteiger partial charge on any atom is 0.254 e. The van der Waals surface area contributed by atoms with Crippen LogP contribution in [0.15, 0.2) is 24.4 Å². The van der Waals surface area contributed by atoms with Crippen LogP contribution in [0.1, 0.15) is 15.9 Å². The Morgan fingerprint density at radius 1 is 1.24 bits per heavy atom. The Labute approximate surface area is 223 Å². The van der Waals surface area contributed by atoms with Crippen molar-refractivity contribution >= 4 is 42.5 Å². The van der Waals surface area contributed by atoms with E-state index in [1.54, 1.807) is 43.5 Å². The molecule has 1 saturated heterocycles. The minimum absolute atomic E-state index is 0.0655. The van der Waals surface area contributed by atoms with Crippen molar-refractivity contribution in [2.45, 2.75) is 32.4 Å². The number of anilines is 3. The molecule has 38 heavy (non-hydrogen) atoms. The molecule has 0 aliphatic carbocycles. The van der Waals surface area contributed by atoms with E-state index in [2.05, 4.69) is 41.3 Å². The number of benzene rings is 1. The second-order valence-electron chi connectivity index (χ2n) is 10.3. The number of morpholine rings is 1. The normalized spacial score (nSPS) is 13.8. The molecule has 1 aliphatic heterocycles. The van der Waals surface area contributed by atoms with E-state index in [0.717, 1.165) is 6.04 Å². The molecule has 3 heterocycles. The molecule has 0 atom stereocenters. The molecule has 202 valence electrons. The van der Waals surface area contributed by atoms with Gasteiger partial charge < -0.3 is 34.3 Å². The van der Waals surface area contributed by atoms with Crippen molar-refractivity contribution in [3.8, 4) is 11.8 Å². The molecule has 1 aromatic carbocycles. The van der Waals surface area contributed by atoms with Gasteiger partial charge >= 0.3 is 0 Å². The molecule has 11 nitrogen and oxygen atoms in total. The molecule has 2 aromatic heterocycles. The summed E-state index contributed by atoms with van der Waals surface area (Å²) in [6.07, 6.45) is 1.74. The zero-order chi connectivity index (χ0) is 27.3. The molecule has 12 heteroatoms. The second kappa shape index (κ2) is 11.8. The zero-order valence-electron chi connectivity index (χ0n) is 22.6. The van der Waals surface area contributed by atoms with Crippen LogP contribution in [0.25, 0.3) is 11.0 Å². The topological polar surface area (TPSA) is 127 Å². The third-order valence-corrected chi connectivity index (χ3v) is 8.00. The molecule has 0 spiro atoms. The van der Waals surface area contributed by atoms with Crippen molar-refractivity contribution in [2.75, 3.05) is 57.7 Å². The van der Waals surface area contributed by atoms with E-state index >= 15 is 0 Å². The Bertz CT molecular complexity index is 1340. The minimum atomic E-state index is -1.22. The van der Waals surface area contributed by atoms with Crippen LogP contribution in [0.3, 0.4) is 0 Å². The van der Waals surface area contributed by atoms with Crippen molar-refractivity contribution in [1.29, 1.82) is 5.26 Å². The smallest absolute Gasteiger partial charge is 0.254 e. The minimum Gasteiger partial charge on any atom is -0.495 e. The van der Waals surface area contributed by atoms with Crippen molar-refractivity contribution in [3.63, 3.8) is 0 Å². The Morgan fingerprint density at radius 2 is 2.00 bits per heavy atom. The summed E-state index contributed by atoms with van der Waals surface area (Å²) in [5.74, 6) is 1.26. The molecule has 1 fully saturated rings. The molecule has 3 aromatic rings. The summed E-state index contributed by atoms with van der Waals surface area (Å²) in [7, 11) is 2.08. The van der Waals surface area contributed by atoms with Crippen LogP contribution in [0.5, 0.6) is 5.75 Å². The lowest BCUT2D eigenvalue weighted by atomic mass is 10.1. The number of rotatable bonds is 10. The summed E-state index contributed by atoms with van der Waals surface area (Å²) in [4.78, 5) is 24.0. The largest absolute Gasteiger partial charge is 0.495 e. The van der Waals surface area contributed by atoms with Gasteiger partial charge in [-0.05, 0) is 24.2 Å². The van der Waals surface area contributed by atoms with Crippen LogP contribution in [0.2, 0.25) is 25.7 Å². The van der Waals surface area contributed by atoms with Gasteiger partial charge in [0.05, 0.1) is 37.0 Å². The number of amides is 1. The first-order valence-electron chi connectivity index (χ1n) is 12.6.